The SMILES string of the molecule is CC1CN(C(=O)c2cc(Br)cc(Br)c2)CC1C(=O)O. The first-order valence-electron chi connectivity index (χ1n) is 5.86. The van der Waals surface area contributed by atoms with Crippen molar-refractivity contribution in [2.45, 2.75) is 6.92 Å². The molecule has 1 aliphatic heterocycles. The molecule has 1 amide bonds. The number of benzene rings is 1. The molecule has 2 rings (SSSR count). The molecular weight excluding hydrogens is 378 g/mol. The number of likely N-dealkylation sites (tertiary alicyclic amines) is 1. The van der Waals surface area contributed by atoms with Crippen LogP contribution < -0.4 is 0 Å². The van der Waals surface area contributed by atoms with Crippen LogP contribution in [0.25, 0.3) is 0 Å². The number of aliphatic carboxylic acids is 1. The van der Waals surface area contributed by atoms with E-state index in [9.17, 15) is 9.59 Å². The maximum atomic E-state index is 12.4. The van der Waals surface area contributed by atoms with Crippen molar-refractivity contribution >= 4 is 43.7 Å². The summed E-state index contributed by atoms with van der Waals surface area (Å²) in [5, 5.41) is 9.09. The molecule has 0 saturated carbocycles. The molecule has 102 valence electrons. The first-order chi connectivity index (χ1) is 8.88. The zero-order valence-corrected chi connectivity index (χ0v) is 13.4. The summed E-state index contributed by atoms with van der Waals surface area (Å²) >= 11 is 6.68. The molecular formula is C13H13Br2NO3. The van der Waals surface area contributed by atoms with E-state index in [0.29, 0.717) is 12.1 Å². The second-order valence-corrected chi connectivity index (χ2v) is 6.62. The minimum absolute atomic E-state index is 0.0166. The number of carboxylic acids is 1. The average molecular weight is 391 g/mol. The fourth-order valence-electron chi connectivity index (χ4n) is 2.31. The van der Waals surface area contributed by atoms with Crippen molar-refractivity contribution in [2.24, 2.45) is 11.8 Å². The third-order valence-electron chi connectivity index (χ3n) is 3.33. The Balaban J connectivity index is 2.19. The lowest BCUT2D eigenvalue weighted by atomic mass is 9.99. The molecule has 0 spiro atoms. The molecule has 1 aliphatic rings. The summed E-state index contributed by atoms with van der Waals surface area (Å²) in [4.78, 5) is 25.0. The van der Waals surface area contributed by atoms with Crippen LogP contribution in [0, 0.1) is 11.8 Å². The van der Waals surface area contributed by atoms with Gasteiger partial charge in [0.2, 0.25) is 0 Å². The summed E-state index contributed by atoms with van der Waals surface area (Å²) in [6, 6.07) is 5.33. The van der Waals surface area contributed by atoms with Gasteiger partial charge in [-0.25, -0.2) is 0 Å². The third-order valence-corrected chi connectivity index (χ3v) is 4.24. The van der Waals surface area contributed by atoms with Gasteiger partial charge in [0.25, 0.3) is 5.91 Å². The highest BCUT2D eigenvalue weighted by atomic mass is 79.9. The van der Waals surface area contributed by atoms with Crippen molar-refractivity contribution < 1.29 is 14.7 Å². The fraction of sp³-hybridized carbons (Fsp3) is 0.385. The topological polar surface area (TPSA) is 57.6 Å². The molecule has 1 saturated heterocycles. The van der Waals surface area contributed by atoms with Gasteiger partial charge in [0.05, 0.1) is 5.92 Å². The van der Waals surface area contributed by atoms with Crippen LogP contribution in [0.2, 0.25) is 0 Å². The standard InChI is InChI=1S/C13H13Br2NO3/c1-7-5-16(6-11(7)13(18)19)12(17)8-2-9(14)4-10(15)3-8/h2-4,7,11H,5-6H2,1H3,(H,18,19). The number of nitrogens with zero attached hydrogens (tertiary/aromatic N) is 1. The van der Waals surface area contributed by atoms with E-state index in [-0.39, 0.29) is 18.4 Å². The normalized spacial score (nSPS) is 22.6. The van der Waals surface area contributed by atoms with Crippen LogP contribution in [-0.4, -0.2) is 35.0 Å². The van der Waals surface area contributed by atoms with Crippen LogP contribution in [0.3, 0.4) is 0 Å². The summed E-state index contributed by atoms with van der Waals surface area (Å²) in [6.07, 6.45) is 0. The molecule has 1 aromatic rings. The highest BCUT2D eigenvalue weighted by Crippen LogP contribution is 2.26. The molecule has 4 nitrogen and oxygen atoms in total. The lowest BCUT2D eigenvalue weighted by molar-refractivity contribution is -0.142. The van der Waals surface area contributed by atoms with Gasteiger partial charge >= 0.3 is 5.97 Å². The summed E-state index contributed by atoms with van der Waals surface area (Å²) in [7, 11) is 0. The van der Waals surface area contributed by atoms with Crippen molar-refractivity contribution in [3.05, 3.63) is 32.7 Å². The highest BCUT2D eigenvalue weighted by molar-refractivity contribution is 9.11. The summed E-state index contributed by atoms with van der Waals surface area (Å²) in [5.41, 5.74) is 0.555. The maximum Gasteiger partial charge on any atom is 0.308 e. The molecule has 2 unspecified atom stereocenters. The molecule has 6 heteroatoms. The van der Waals surface area contributed by atoms with Crippen LogP contribution >= 0.6 is 31.9 Å². The van der Waals surface area contributed by atoms with Crippen LogP contribution in [0.1, 0.15) is 17.3 Å². The Kier molecular flexibility index (Phi) is 4.30. The van der Waals surface area contributed by atoms with E-state index in [1.54, 1.807) is 17.0 Å². The molecule has 0 radical (unpaired) electrons. The molecule has 1 heterocycles. The number of carboxylic acid groups (broad SMARTS) is 1. The number of rotatable bonds is 2. The van der Waals surface area contributed by atoms with E-state index >= 15 is 0 Å². The second kappa shape index (κ2) is 5.63. The quantitative estimate of drug-likeness (QED) is 0.844. The van der Waals surface area contributed by atoms with Crippen molar-refractivity contribution in [2.75, 3.05) is 13.1 Å². The molecule has 19 heavy (non-hydrogen) atoms. The van der Waals surface area contributed by atoms with Gasteiger partial charge in [-0.1, -0.05) is 38.8 Å². The monoisotopic (exact) mass is 389 g/mol. The van der Waals surface area contributed by atoms with E-state index in [1.165, 1.54) is 0 Å². The van der Waals surface area contributed by atoms with Crippen LogP contribution in [0.4, 0.5) is 0 Å². The number of carbonyl (C=O) groups is 2. The van der Waals surface area contributed by atoms with Gasteiger partial charge < -0.3 is 10.0 Å². The fourth-order valence-corrected chi connectivity index (χ4v) is 3.61. The van der Waals surface area contributed by atoms with Gasteiger partial charge in [-0.3, -0.25) is 9.59 Å². The molecule has 0 aliphatic carbocycles. The van der Waals surface area contributed by atoms with E-state index < -0.39 is 11.9 Å². The minimum atomic E-state index is -0.835. The van der Waals surface area contributed by atoms with Gasteiger partial charge in [-0.05, 0) is 24.1 Å². The zero-order chi connectivity index (χ0) is 14.2. The number of halogens is 2. The Bertz CT molecular complexity index is 512. The Morgan fingerprint density at radius 1 is 1.21 bits per heavy atom. The number of carbonyl (C=O) groups excluding carboxylic acids is 1. The first kappa shape index (κ1) is 14.5. The van der Waals surface area contributed by atoms with E-state index in [4.69, 9.17) is 5.11 Å². The number of hydrogen-bond donors (Lipinski definition) is 1. The minimum Gasteiger partial charge on any atom is -0.481 e. The van der Waals surface area contributed by atoms with E-state index in [2.05, 4.69) is 31.9 Å². The van der Waals surface area contributed by atoms with Crippen molar-refractivity contribution in [3.63, 3.8) is 0 Å². The lowest BCUT2D eigenvalue weighted by Crippen LogP contribution is -2.29. The number of amides is 1. The van der Waals surface area contributed by atoms with Gasteiger partial charge in [0.1, 0.15) is 0 Å². The number of hydrogen-bond acceptors (Lipinski definition) is 2. The lowest BCUT2D eigenvalue weighted by Gasteiger charge is -2.16. The molecule has 0 bridgehead atoms. The molecule has 1 N–H and O–H groups in total. The molecule has 1 aromatic carbocycles. The van der Waals surface area contributed by atoms with Crippen LogP contribution in [-0.2, 0) is 4.79 Å². The first-order valence-corrected chi connectivity index (χ1v) is 7.45. The Morgan fingerprint density at radius 2 is 1.79 bits per heavy atom. The van der Waals surface area contributed by atoms with Gasteiger partial charge in [-0.2, -0.15) is 0 Å². The summed E-state index contributed by atoms with van der Waals surface area (Å²) in [5.74, 6) is -1.45. The Morgan fingerprint density at radius 3 is 2.26 bits per heavy atom. The van der Waals surface area contributed by atoms with E-state index in [1.807, 2.05) is 13.0 Å². The van der Waals surface area contributed by atoms with Gasteiger partial charge in [0.15, 0.2) is 0 Å². The van der Waals surface area contributed by atoms with E-state index in [0.717, 1.165) is 8.95 Å². The predicted octanol–water partition coefficient (Wildman–Crippen LogP) is 3.00. The van der Waals surface area contributed by atoms with Crippen LogP contribution in [0.15, 0.2) is 27.1 Å². The van der Waals surface area contributed by atoms with Gasteiger partial charge in [0, 0.05) is 27.6 Å². The largest absolute Gasteiger partial charge is 0.481 e. The summed E-state index contributed by atoms with van der Waals surface area (Å²) in [6.45, 7) is 2.63. The van der Waals surface area contributed by atoms with Crippen molar-refractivity contribution in [3.8, 4) is 0 Å². The maximum absolute atomic E-state index is 12.4. The van der Waals surface area contributed by atoms with Crippen molar-refractivity contribution in [1.29, 1.82) is 0 Å². The molecule has 0 aromatic heterocycles. The van der Waals surface area contributed by atoms with Crippen molar-refractivity contribution in [1.82, 2.24) is 4.90 Å². The Hall–Kier alpha value is -0.880. The average Bonchev–Trinajstić information content (AvgIpc) is 2.69. The molecule has 1 fully saturated rings. The predicted molar refractivity (Wildman–Crippen MR) is 78.0 cm³/mol. The second-order valence-electron chi connectivity index (χ2n) is 4.79. The summed E-state index contributed by atoms with van der Waals surface area (Å²) < 4.78 is 1.62. The third kappa shape index (κ3) is 3.17. The van der Waals surface area contributed by atoms with Crippen LogP contribution in [0.5, 0.6) is 0 Å². The molecule has 2 atom stereocenters. The zero-order valence-electron chi connectivity index (χ0n) is 10.3. The Labute approximate surface area is 128 Å². The smallest absolute Gasteiger partial charge is 0.308 e. The highest BCUT2D eigenvalue weighted by Gasteiger charge is 2.37. The van der Waals surface area contributed by atoms with Gasteiger partial charge in [-0.15, -0.1) is 0 Å².